The quantitative estimate of drug-likeness (QED) is 0.258. The number of aliphatic imine (C=N–C) groups is 1. The van der Waals surface area contributed by atoms with Gasteiger partial charge in [-0.3, -0.25) is 9.89 Å². The summed E-state index contributed by atoms with van der Waals surface area (Å²) in [5.74, 6) is 2.82. The topological polar surface area (TPSA) is 61.8 Å². The number of guanidine groups is 1. The summed E-state index contributed by atoms with van der Waals surface area (Å²) in [5.41, 5.74) is 1.32. The van der Waals surface area contributed by atoms with Crippen molar-refractivity contribution in [3.8, 4) is 5.75 Å². The first-order chi connectivity index (χ1) is 14.3. The van der Waals surface area contributed by atoms with Crippen LogP contribution in [0.25, 0.3) is 0 Å². The maximum atomic E-state index is 5.31. The van der Waals surface area contributed by atoms with Crippen LogP contribution in [0.15, 0.2) is 45.2 Å². The number of nitrogens with zero attached hydrogens (tertiary/aromatic N) is 3. The van der Waals surface area contributed by atoms with Crippen molar-refractivity contribution in [3.05, 3.63) is 41.4 Å². The van der Waals surface area contributed by atoms with Gasteiger partial charge in [0.25, 0.3) is 0 Å². The molecule has 29 heavy (non-hydrogen) atoms. The molecule has 6 nitrogen and oxygen atoms in total. The number of rotatable bonds is 10. The Bertz CT molecular complexity index is 730. The molecule has 0 radical (unpaired) electrons. The minimum Gasteiger partial charge on any atom is -0.497 e. The second kappa shape index (κ2) is 12.0. The average Bonchev–Trinajstić information content (AvgIpc) is 3.47. The second-order valence-electron chi connectivity index (χ2n) is 6.91. The van der Waals surface area contributed by atoms with Crippen molar-refractivity contribution in [2.45, 2.75) is 29.6 Å². The molecule has 1 atom stereocenters. The molecule has 1 aliphatic rings. The summed E-state index contributed by atoms with van der Waals surface area (Å²) < 4.78 is 6.45. The molecular weight excluding hydrogens is 402 g/mol. The lowest BCUT2D eigenvalue weighted by atomic mass is 10.1. The van der Waals surface area contributed by atoms with Gasteiger partial charge in [0, 0.05) is 37.5 Å². The normalized spacial score (nSPS) is 16.0. The Labute approximate surface area is 182 Å². The molecule has 0 amide bonds. The SMILES string of the molecule is CN=C(NCCCSc1nccs1)NCC(c1ccc(OC)cc1)N1CCCC1. The summed E-state index contributed by atoms with van der Waals surface area (Å²) in [5, 5.41) is 8.98. The van der Waals surface area contributed by atoms with E-state index in [0.717, 1.165) is 54.4 Å². The second-order valence-corrected chi connectivity index (χ2v) is 9.15. The summed E-state index contributed by atoms with van der Waals surface area (Å²) in [4.78, 5) is 11.3. The van der Waals surface area contributed by atoms with Crippen LogP contribution in [0.4, 0.5) is 0 Å². The zero-order valence-corrected chi connectivity index (χ0v) is 18.9. The van der Waals surface area contributed by atoms with Gasteiger partial charge < -0.3 is 15.4 Å². The van der Waals surface area contributed by atoms with E-state index in [9.17, 15) is 0 Å². The fourth-order valence-corrected chi connectivity index (χ4v) is 5.12. The maximum absolute atomic E-state index is 5.31. The van der Waals surface area contributed by atoms with Crippen LogP contribution in [0.5, 0.6) is 5.75 Å². The van der Waals surface area contributed by atoms with E-state index >= 15 is 0 Å². The molecule has 2 aromatic rings. The minimum atomic E-state index is 0.336. The Balaban J connectivity index is 1.47. The first kappa shape index (κ1) is 21.9. The molecule has 1 fully saturated rings. The Hall–Kier alpha value is -1.77. The van der Waals surface area contributed by atoms with Crippen LogP contribution in [-0.2, 0) is 0 Å². The van der Waals surface area contributed by atoms with Gasteiger partial charge in [0.1, 0.15) is 10.1 Å². The van der Waals surface area contributed by atoms with Gasteiger partial charge in [-0.15, -0.1) is 11.3 Å². The van der Waals surface area contributed by atoms with E-state index in [0.29, 0.717) is 6.04 Å². The molecule has 1 aliphatic heterocycles. The summed E-state index contributed by atoms with van der Waals surface area (Å²) >= 11 is 3.51. The van der Waals surface area contributed by atoms with Crippen LogP contribution >= 0.6 is 23.1 Å². The number of thioether (sulfide) groups is 1. The number of hydrogen-bond donors (Lipinski definition) is 2. The number of methoxy groups -OCH3 is 1. The van der Waals surface area contributed by atoms with E-state index in [-0.39, 0.29) is 0 Å². The van der Waals surface area contributed by atoms with Gasteiger partial charge in [-0.2, -0.15) is 0 Å². The van der Waals surface area contributed by atoms with E-state index in [1.807, 2.05) is 42.5 Å². The molecule has 3 rings (SSSR count). The molecule has 8 heteroatoms. The van der Waals surface area contributed by atoms with Crippen LogP contribution in [0.2, 0.25) is 0 Å². The zero-order chi connectivity index (χ0) is 20.3. The summed E-state index contributed by atoms with van der Waals surface area (Å²) in [6.07, 6.45) is 5.47. The number of likely N-dealkylation sites (tertiary alicyclic amines) is 1. The molecule has 158 valence electrons. The predicted molar refractivity (Wildman–Crippen MR) is 123 cm³/mol. The van der Waals surface area contributed by atoms with Gasteiger partial charge >= 0.3 is 0 Å². The molecule has 0 saturated carbocycles. The monoisotopic (exact) mass is 433 g/mol. The number of nitrogens with one attached hydrogen (secondary N) is 2. The Morgan fingerprint density at radius 1 is 1.28 bits per heavy atom. The Morgan fingerprint density at radius 3 is 2.72 bits per heavy atom. The van der Waals surface area contributed by atoms with E-state index < -0.39 is 0 Å². The first-order valence-electron chi connectivity index (χ1n) is 10.1. The summed E-state index contributed by atoms with van der Waals surface area (Å²) in [6, 6.07) is 8.78. The fraction of sp³-hybridized carbons (Fsp3) is 0.524. The maximum Gasteiger partial charge on any atom is 0.191 e. The molecule has 1 unspecified atom stereocenters. The lowest BCUT2D eigenvalue weighted by Crippen LogP contribution is -2.43. The highest BCUT2D eigenvalue weighted by Crippen LogP contribution is 2.26. The van der Waals surface area contributed by atoms with Crippen molar-refractivity contribution < 1.29 is 4.74 Å². The van der Waals surface area contributed by atoms with E-state index in [4.69, 9.17) is 4.74 Å². The molecule has 1 aromatic heterocycles. The lowest BCUT2D eigenvalue weighted by molar-refractivity contribution is 0.245. The van der Waals surface area contributed by atoms with Crippen molar-refractivity contribution >= 4 is 29.1 Å². The van der Waals surface area contributed by atoms with Crippen LogP contribution < -0.4 is 15.4 Å². The van der Waals surface area contributed by atoms with Crippen molar-refractivity contribution in [1.82, 2.24) is 20.5 Å². The minimum absolute atomic E-state index is 0.336. The number of thiazole rings is 1. The van der Waals surface area contributed by atoms with Crippen molar-refractivity contribution in [3.63, 3.8) is 0 Å². The van der Waals surface area contributed by atoms with Gasteiger partial charge in [0.05, 0.1) is 13.2 Å². The third-order valence-corrected chi connectivity index (χ3v) is 7.07. The van der Waals surface area contributed by atoms with Crippen molar-refractivity contribution in [1.29, 1.82) is 0 Å². The highest BCUT2D eigenvalue weighted by Gasteiger charge is 2.23. The predicted octanol–water partition coefficient (Wildman–Crippen LogP) is 3.64. The van der Waals surface area contributed by atoms with E-state index in [1.165, 1.54) is 18.4 Å². The number of aromatic nitrogens is 1. The lowest BCUT2D eigenvalue weighted by Gasteiger charge is -2.29. The first-order valence-corrected chi connectivity index (χ1v) is 12.0. The molecule has 1 saturated heterocycles. The Morgan fingerprint density at radius 2 is 2.07 bits per heavy atom. The van der Waals surface area contributed by atoms with E-state index in [1.54, 1.807) is 18.4 Å². The molecule has 1 aromatic carbocycles. The van der Waals surface area contributed by atoms with Gasteiger partial charge in [0.15, 0.2) is 5.96 Å². The van der Waals surface area contributed by atoms with Crippen LogP contribution in [0, 0.1) is 0 Å². The molecule has 0 bridgehead atoms. The third-order valence-electron chi connectivity index (χ3n) is 5.02. The Kier molecular flexibility index (Phi) is 9.11. The third kappa shape index (κ3) is 6.90. The number of hydrogen-bond acceptors (Lipinski definition) is 6. The van der Waals surface area contributed by atoms with Crippen LogP contribution in [0.3, 0.4) is 0 Å². The van der Waals surface area contributed by atoms with Gasteiger partial charge in [0.2, 0.25) is 0 Å². The smallest absolute Gasteiger partial charge is 0.191 e. The zero-order valence-electron chi connectivity index (χ0n) is 17.3. The molecule has 0 spiro atoms. The fourth-order valence-electron chi connectivity index (χ4n) is 3.47. The summed E-state index contributed by atoms with van der Waals surface area (Å²) in [6.45, 7) is 4.03. The highest BCUT2D eigenvalue weighted by atomic mass is 32.2. The summed E-state index contributed by atoms with van der Waals surface area (Å²) in [7, 11) is 3.54. The van der Waals surface area contributed by atoms with Crippen LogP contribution in [0.1, 0.15) is 30.9 Å². The number of benzene rings is 1. The van der Waals surface area contributed by atoms with Gasteiger partial charge in [-0.25, -0.2) is 4.98 Å². The largest absolute Gasteiger partial charge is 0.497 e. The van der Waals surface area contributed by atoms with E-state index in [2.05, 4.69) is 37.6 Å². The average molecular weight is 434 g/mol. The molecule has 2 heterocycles. The molecule has 2 N–H and O–H groups in total. The van der Waals surface area contributed by atoms with Crippen molar-refractivity contribution in [2.24, 2.45) is 4.99 Å². The standard InChI is InChI=1S/C21H31N5OS2/c1-22-20(23-10-5-14-28-21-24-11-15-29-21)25-16-19(26-12-3-4-13-26)17-6-8-18(27-2)9-7-17/h6-9,11,15,19H,3-5,10,12-14,16H2,1-2H3,(H2,22,23,25). The van der Waals surface area contributed by atoms with Crippen molar-refractivity contribution in [2.75, 3.05) is 46.1 Å². The van der Waals surface area contributed by atoms with Gasteiger partial charge in [-0.1, -0.05) is 23.9 Å². The molecular formula is C21H31N5OS2. The van der Waals surface area contributed by atoms with Gasteiger partial charge in [-0.05, 0) is 50.0 Å². The van der Waals surface area contributed by atoms with Crippen LogP contribution in [-0.4, -0.2) is 61.9 Å². The number of ether oxygens (including phenoxy) is 1. The molecule has 0 aliphatic carbocycles. The highest BCUT2D eigenvalue weighted by molar-refractivity contribution is 8.00.